The van der Waals surface area contributed by atoms with E-state index in [1.807, 2.05) is 12.3 Å². The number of aromatic nitrogens is 4. The molecule has 0 bridgehead atoms. The molecule has 14 heavy (non-hydrogen) atoms. The number of rotatable bonds is 2. The second-order valence-electron chi connectivity index (χ2n) is 2.60. The van der Waals surface area contributed by atoms with Gasteiger partial charge in [0.25, 0.3) is 0 Å². The van der Waals surface area contributed by atoms with Crippen LogP contribution in [0.25, 0.3) is 5.82 Å². The zero-order valence-electron chi connectivity index (χ0n) is 7.58. The van der Waals surface area contributed by atoms with E-state index in [-0.39, 0.29) is 0 Å². The lowest BCUT2D eigenvalue weighted by Gasteiger charge is -2.00. The molecule has 0 aliphatic rings. The molecule has 0 atom stereocenters. The summed E-state index contributed by atoms with van der Waals surface area (Å²) in [5.41, 5.74) is 5.51. The third-order valence-corrected chi connectivity index (χ3v) is 2.32. The van der Waals surface area contributed by atoms with Gasteiger partial charge in [0.05, 0.1) is 0 Å². The molecule has 0 saturated heterocycles. The van der Waals surface area contributed by atoms with Crippen LogP contribution in [0.4, 0.5) is 5.82 Å². The Hall–Kier alpha value is -1.56. The first-order valence-electron chi connectivity index (χ1n) is 3.97. The predicted molar refractivity (Wildman–Crippen MR) is 55.3 cm³/mol. The Kier molecular flexibility index (Phi) is 2.36. The third kappa shape index (κ3) is 1.69. The van der Waals surface area contributed by atoms with Gasteiger partial charge in [-0.25, -0.2) is 14.6 Å². The fourth-order valence-corrected chi connectivity index (χ4v) is 1.41. The zero-order chi connectivity index (χ0) is 9.97. The van der Waals surface area contributed by atoms with Gasteiger partial charge in [-0.15, -0.1) is 16.9 Å². The van der Waals surface area contributed by atoms with Crippen molar-refractivity contribution in [2.45, 2.75) is 5.03 Å². The van der Waals surface area contributed by atoms with E-state index in [4.69, 9.17) is 5.73 Å². The van der Waals surface area contributed by atoms with E-state index in [1.165, 1.54) is 6.33 Å². The predicted octanol–water partition coefficient (Wildman–Crippen LogP) is 0.966. The Balaban J connectivity index is 2.41. The van der Waals surface area contributed by atoms with E-state index < -0.39 is 0 Å². The molecule has 2 aromatic heterocycles. The molecule has 0 unspecified atom stereocenters. The van der Waals surface area contributed by atoms with E-state index in [9.17, 15) is 0 Å². The maximum Gasteiger partial charge on any atom is 0.157 e. The van der Waals surface area contributed by atoms with E-state index >= 15 is 0 Å². The highest BCUT2D eigenvalue weighted by Gasteiger charge is 2.01. The second kappa shape index (κ2) is 3.67. The quantitative estimate of drug-likeness (QED) is 0.587. The number of anilines is 1. The first-order chi connectivity index (χ1) is 6.79. The molecule has 5 nitrogen and oxygen atoms in total. The van der Waals surface area contributed by atoms with Crippen molar-refractivity contribution in [3.05, 3.63) is 24.7 Å². The molecule has 0 fully saturated rings. The molecular formula is C8H9N5S. The average molecular weight is 207 g/mol. The Morgan fingerprint density at radius 2 is 2.29 bits per heavy atom. The highest BCUT2D eigenvalue weighted by Crippen LogP contribution is 2.13. The molecular weight excluding hydrogens is 198 g/mol. The first kappa shape index (κ1) is 9.01. The summed E-state index contributed by atoms with van der Waals surface area (Å²) >= 11 is 1.56. The molecule has 0 aliphatic carbocycles. The number of hydrogen-bond acceptors (Lipinski definition) is 5. The molecule has 72 valence electrons. The van der Waals surface area contributed by atoms with Crippen LogP contribution in [0.3, 0.4) is 0 Å². The maximum absolute atomic E-state index is 5.51. The molecule has 6 heteroatoms. The molecule has 2 rings (SSSR count). The monoisotopic (exact) mass is 207 g/mol. The van der Waals surface area contributed by atoms with Crippen LogP contribution in [0, 0.1) is 0 Å². The van der Waals surface area contributed by atoms with Gasteiger partial charge in [0, 0.05) is 18.3 Å². The third-order valence-electron chi connectivity index (χ3n) is 1.68. The molecule has 0 aromatic carbocycles. The van der Waals surface area contributed by atoms with Gasteiger partial charge < -0.3 is 5.73 Å². The second-order valence-corrected chi connectivity index (χ2v) is 3.43. The number of nitrogen functional groups attached to an aromatic ring is 1. The summed E-state index contributed by atoms with van der Waals surface area (Å²) in [6, 6.07) is 3.58. The summed E-state index contributed by atoms with van der Waals surface area (Å²) in [5.74, 6) is 1.20. The molecule has 0 amide bonds. The molecule has 0 saturated carbocycles. The van der Waals surface area contributed by atoms with Gasteiger partial charge >= 0.3 is 0 Å². The number of nitrogens with two attached hydrogens (primary N) is 1. The van der Waals surface area contributed by atoms with Crippen molar-refractivity contribution in [2.75, 3.05) is 12.0 Å². The van der Waals surface area contributed by atoms with Gasteiger partial charge in [0.15, 0.2) is 5.82 Å². The molecule has 2 heterocycles. The number of hydrogen-bond donors (Lipinski definition) is 1. The lowest BCUT2D eigenvalue weighted by molar-refractivity contribution is 0.831. The average Bonchev–Trinajstić information content (AvgIpc) is 2.65. The van der Waals surface area contributed by atoms with Crippen LogP contribution in [0.1, 0.15) is 0 Å². The summed E-state index contributed by atoms with van der Waals surface area (Å²) in [7, 11) is 0. The Bertz CT molecular complexity index is 439. The Morgan fingerprint density at radius 3 is 2.93 bits per heavy atom. The summed E-state index contributed by atoms with van der Waals surface area (Å²) in [6.07, 6.45) is 5.24. The van der Waals surface area contributed by atoms with Gasteiger partial charge in [-0.2, -0.15) is 0 Å². The van der Waals surface area contributed by atoms with Gasteiger partial charge in [-0.3, -0.25) is 0 Å². The molecule has 0 spiro atoms. The number of thioether (sulfide) groups is 1. The van der Waals surface area contributed by atoms with Gasteiger partial charge in [0.2, 0.25) is 0 Å². The van der Waals surface area contributed by atoms with E-state index in [0.717, 1.165) is 10.8 Å². The van der Waals surface area contributed by atoms with Crippen LogP contribution in [0.5, 0.6) is 0 Å². The van der Waals surface area contributed by atoms with Crippen molar-refractivity contribution in [3.63, 3.8) is 0 Å². The van der Waals surface area contributed by atoms with Crippen LogP contribution in [0.15, 0.2) is 29.7 Å². The van der Waals surface area contributed by atoms with Crippen molar-refractivity contribution in [1.29, 1.82) is 0 Å². The van der Waals surface area contributed by atoms with Crippen LogP contribution < -0.4 is 5.73 Å². The van der Waals surface area contributed by atoms with Crippen molar-refractivity contribution in [2.24, 2.45) is 0 Å². The summed E-state index contributed by atoms with van der Waals surface area (Å²) in [5, 5.41) is 4.96. The van der Waals surface area contributed by atoms with E-state index in [1.54, 1.807) is 28.7 Å². The minimum absolute atomic E-state index is 0.481. The lowest BCUT2D eigenvalue weighted by atomic mass is 10.6. The van der Waals surface area contributed by atoms with Crippen LogP contribution in [0.2, 0.25) is 0 Å². The van der Waals surface area contributed by atoms with Crippen molar-refractivity contribution in [3.8, 4) is 5.82 Å². The van der Waals surface area contributed by atoms with E-state index in [0.29, 0.717) is 5.82 Å². The van der Waals surface area contributed by atoms with Crippen LogP contribution in [-0.2, 0) is 0 Å². The van der Waals surface area contributed by atoms with Gasteiger partial charge in [-0.05, 0) is 6.26 Å². The molecule has 2 aromatic rings. The van der Waals surface area contributed by atoms with Crippen molar-refractivity contribution < 1.29 is 0 Å². The molecule has 0 radical (unpaired) electrons. The van der Waals surface area contributed by atoms with Crippen LogP contribution >= 0.6 is 11.8 Å². The minimum Gasteiger partial charge on any atom is -0.382 e. The van der Waals surface area contributed by atoms with Crippen molar-refractivity contribution >= 4 is 17.6 Å². The smallest absolute Gasteiger partial charge is 0.157 e. The first-order valence-corrected chi connectivity index (χ1v) is 5.19. The lowest BCUT2D eigenvalue weighted by Crippen LogP contribution is -1.99. The molecule has 2 N–H and O–H groups in total. The minimum atomic E-state index is 0.481. The summed E-state index contributed by atoms with van der Waals surface area (Å²) in [4.78, 5) is 8.16. The standard InChI is InChI=1S/C8H9N5S/c1-14-8-4-7(10-5-11-8)13-3-2-6(9)12-13/h2-5H,1H3,(H2,9,12). The maximum atomic E-state index is 5.51. The fourth-order valence-electron chi connectivity index (χ4n) is 1.03. The highest BCUT2D eigenvalue weighted by atomic mass is 32.2. The van der Waals surface area contributed by atoms with Crippen molar-refractivity contribution in [1.82, 2.24) is 19.7 Å². The fraction of sp³-hybridized carbons (Fsp3) is 0.125. The summed E-state index contributed by atoms with van der Waals surface area (Å²) in [6.45, 7) is 0. The van der Waals surface area contributed by atoms with Gasteiger partial charge in [-0.1, -0.05) is 0 Å². The normalized spacial score (nSPS) is 10.4. The van der Waals surface area contributed by atoms with E-state index in [2.05, 4.69) is 15.1 Å². The topological polar surface area (TPSA) is 69.6 Å². The number of nitrogens with zero attached hydrogens (tertiary/aromatic N) is 4. The largest absolute Gasteiger partial charge is 0.382 e. The van der Waals surface area contributed by atoms with Crippen LogP contribution in [-0.4, -0.2) is 26.0 Å². The molecule has 0 aliphatic heterocycles. The Labute approximate surface area is 85.4 Å². The highest BCUT2D eigenvalue weighted by molar-refractivity contribution is 7.98. The Morgan fingerprint density at radius 1 is 1.43 bits per heavy atom. The summed E-state index contributed by atoms with van der Waals surface area (Å²) < 4.78 is 1.62. The van der Waals surface area contributed by atoms with Gasteiger partial charge in [0.1, 0.15) is 17.2 Å². The zero-order valence-corrected chi connectivity index (χ0v) is 8.40. The SMILES string of the molecule is CSc1cc(-n2ccc(N)n2)ncn1.